The van der Waals surface area contributed by atoms with Gasteiger partial charge in [0.25, 0.3) is 0 Å². The molecule has 54 heavy (non-hydrogen) atoms. The SMILES string of the molecule is Cc1ccccc1-c1ccc(-c2nc(-c3ccccc3)nc(-c3ccc4c(c3)oc3cccc(-c5cccc(-c6ccccc6)c5)c34)n2)c2ccccc12. The molecule has 4 nitrogen and oxygen atoms in total. The van der Waals surface area contributed by atoms with Gasteiger partial charge in [-0.15, -0.1) is 0 Å². The second-order valence-electron chi connectivity index (χ2n) is 13.6. The fraction of sp³-hybridized carbons (Fsp3) is 0.0200. The van der Waals surface area contributed by atoms with Gasteiger partial charge in [-0.25, -0.2) is 15.0 Å². The average Bonchev–Trinajstić information content (AvgIpc) is 3.62. The predicted octanol–water partition coefficient (Wildman–Crippen LogP) is 13.2. The molecule has 0 aliphatic heterocycles. The van der Waals surface area contributed by atoms with E-state index in [1.807, 2.05) is 42.5 Å². The third-order valence-electron chi connectivity index (χ3n) is 10.3. The van der Waals surface area contributed by atoms with Gasteiger partial charge in [0.1, 0.15) is 11.2 Å². The Kier molecular flexibility index (Phi) is 7.66. The lowest BCUT2D eigenvalue weighted by Gasteiger charge is -2.14. The molecule has 2 heterocycles. The molecule has 0 bridgehead atoms. The zero-order chi connectivity index (χ0) is 36.0. The molecule has 10 aromatic rings. The molecule has 0 saturated carbocycles. The zero-order valence-electron chi connectivity index (χ0n) is 29.6. The van der Waals surface area contributed by atoms with Crippen LogP contribution in [0.1, 0.15) is 5.56 Å². The first-order valence-corrected chi connectivity index (χ1v) is 18.2. The summed E-state index contributed by atoms with van der Waals surface area (Å²) in [5, 5.41) is 4.38. The van der Waals surface area contributed by atoms with Crippen molar-refractivity contribution in [2.45, 2.75) is 6.92 Å². The van der Waals surface area contributed by atoms with Crippen LogP contribution in [0.4, 0.5) is 0 Å². The molecule has 0 aliphatic rings. The van der Waals surface area contributed by atoms with Gasteiger partial charge in [0, 0.05) is 27.5 Å². The molecule has 0 spiro atoms. The van der Waals surface area contributed by atoms with Gasteiger partial charge in [-0.05, 0) is 87.0 Å². The molecule has 0 fully saturated rings. The Morgan fingerprint density at radius 1 is 0.333 bits per heavy atom. The van der Waals surface area contributed by atoms with E-state index in [-0.39, 0.29) is 0 Å². The van der Waals surface area contributed by atoms with Gasteiger partial charge in [0.2, 0.25) is 0 Å². The average molecular weight is 692 g/mol. The number of aryl methyl sites for hydroxylation is 1. The number of hydrogen-bond acceptors (Lipinski definition) is 4. The zero-order valence-corrected chi connectivity index (χ0v) is 29.6. The minimum atomic E-state index is 0.587. The van der Waals surface area contributed by atoms with Crippen LogP contribution in [0.2, 0.25) is 0 Å². The Labute approximate surface area is 313 Å². The molecular formula is C50H33N3O. The molecular weight excluding hydrogens is 659 g/mol. The van der Waals surface area contributed by atoms with Crippen LogP contribution < -0.4 is 0 Å². The molecule has 10 rings (SSSR count). The summed E-state index contributed by atoms with van der Waals surface area (Å²) in [6.45, 7) is 2.16. The van der Waals surface area contributed by atoms with Gasteiger partial charge >= 0.3 is 0 Å². The van der Waals surface area contributed by atoms with Gasteiger partial charge in [0.05, 0.1) is 0 Å². The molecule has 0 atom stereocenters. The summed E-state index contributed by atoms with van der Waals surface area (Å²) in [6, 6.07) is 63.3. The Bertz CT molecular complexity index is 3000. The van der Waals surface area contributed by atoms with Crippen LogP contribution in [0.3, 0.4) is 0 Å². The number of furan rings is 1. The van der Waals surface area contributed by atoms with Crippen molar-refractivity contribution in [1.29, 1.82) is 0 Å². The van der Waals surface area contributed by atoms with E-state index >= 15 is 0 Å². The summed E-state index contributed by atoms with van der Waals surface area (Å²) in [4.78, 5) is 15.3. The van der Waals surface area contributed by atoms with E-state index < -0.39 is 0 Å². The lowest BCUT2D eigenvalue weighted by Crippen LogP contribution is -2.00. The summed E-state index contributed by atoms with van der Waals surface area (Å²) in [5.41, 5.74) is 12.6. The summed E-state index contributed by atoms with van der Waals surface area (Å²) in [6.07, 6.45) is 0. The summed E-state index contributed by atoms with van der Waals surface area (Å²) < 4.78 is 6.57. The molecule has 0 saturated heterocycles. The summed E-state index contributed by atoms with van der Waals surface area (Å²) >= 11 is 0. The molecule has 0 unspecified atom stereocenters. The maximum absolute atomic E-state index is 6.57. The quantitative estimate of drug-likeness (QED) is 0.174. The van der Waals surface area contributed by atoms with Gasteiger partial charge in [-0.3, -0.25) is 0 Å². The van der Waals surface area contributed by atoms with Crippen molar-refractivity contribution >= 4 is 32.7 Å². The number of fused-ring (bicyclic) bond motifs is 4. The fourth-order valence-electron chi connectivity index (χ4n) is 7.65. The van der Waals surface area contributed by atoms with Crippen molar-refractivity contribution < 1.29 is 4.42 Å². The van der Waals surface area contributed by atoms with Gasteiger partial charge in [-0.1, -0.05) is 152 Å². The van der Waals surface area contributed by atoms with Gasteiger partial charge < -0.3 is 4.42 Å². The molecule has 0 N–H and O–H groups in total. The molecule has 2 aromatic heterocycles. The van der Waals surface area contributed by atoms with Crippen molar-refractivity contribution in [3.05, 3.63) is 188 Å². The van der Waals surface area contributed by atoms with Crippen LogP contribution in [0.25, 0.3) is 100 Å². The van der Waals surface area contributed by atoms with Gasteiger partial charge in [-0.2, -0.15) is 0 Å². The van der Waals surface area contributed by atoms with Crippen LogP contribution in [-0.4, -0.2) is 15.0 Å². The third-order valence-corrected chi connectivity index (χ3v) is 10.3. The molecule has 8 aromatic carbocycles. The summed E-state index contributed by atoms with van der Waals surface area (Å²) in [7, 11) is 0. The number of hydrogen-bond donors (Lipinski definition) is 0. The van der Waals surface area contributed by atoms with Crippen molar-refractivity contribution in [3.8, 4) is 67.5 Å². The van der Waals surface area contributed by atoms with Crippen molar-refractivity contribution in [1.82, 2.24) is 15.0 Å². The van der Waals surface area contributed by atoms with Crippen molar-refractivity contribution in [2.75, 3.05) is 0 Å². The van der Waals surface area contributed by atoms with Crippen LogP contribution in [0.5, 0.6) is 0 Å². The highest BCUT2D eigenvalue weighted by Gasteiger charge is 2.19. The number of rotatable bonds is 6. The number of nitrogens with zero attached hydrogens (tertiary/aromatic N) is 3. The minimum Gasteiger partial charge on any atom is -0.456 e. The van der Waals surface area contributed by atoms with E-state index in [1.165, 1.54) is 27.8 Å². The Balaban J connectivity index is 1.12. The first kappa shape index (κ1) is 31.6. The molecule has 0 aliphatic carbocycles. The molecule has 254 valence electrons. The van der Waals surface area contributed by atoms with E-state index in [0.29, 0.717) is 17.5 Å². The van der Waals surface area contributed by atoms with E-state index in [0.717, 1.165) is 60.5 Å². The highest BCUT2D eigenvalue weighted by Crippen LogP contribution is 2.40. The van der Waals surface area contributed by atoms with E-state index in [2.05, 4.69) is 146 Å². The second-order valence-corrected chi connectivity index (χ2v) is 13.6. The van der Waals surface area contributed by atoms with Crippen molar-refractivity contribution in [3.63, 3.8) is 0 Å². The minimum absolute atomic E-state index is 0.587. The largest absolute Gasteiger partial charge is 0.456 e. The number of aromatic nitrogens is 3. The normalized spacial score (nSPS) is 11.4. The first-order chi connectivity index (χ1) is 26.7. The van der Waals surface area contributed by atoms with Crippen LogP contribution in [-0.2, 0) is 0 Å². The molecule has 0 amide bonds. The highest BCUT2D eigenvalue weighted by atomic mass is 16.3. The maximum Gasteiger partial charge on any atom is 0.164 e. The van der Waals surface area contributed by atoms with Crippen LogP contribution in [0, 0.1) is 6.92 Å². The van der Waals surface area contributed by atoms with Crippen molar-refractivity contribution in [2.24, 2.45) is 0 Å². The number of benzene rings is 8. The van der Waals surface area contributed by atoms with Crippen LogP contribution >= 0.6 is 0 Å². The topological polar surface area (TPSA) is 51.8 Å². The smallest absolute Gasteiger partial charge is 0.164 e. The highest BCUT2D eigenvalue weighted by molar-refractivity contribution is 6.13. The van der Waals surface area contributed by atoms with E-state index in [4.69, 9.17) is 19.4 Å². The fourth-order valence-corrected chi connectivity index (χ4v) is 7.65. The molecule has 0 radical (unpaired) electrons. The monoisotopic (exact) mass is 691 g/mol. The predicted molar refractivity (Wildman–Crippen MR) is 222 cm³/mol. The Hall–Kier alpha value is -7.17. The second kappa shape index (κ2) is 13.1. The third kappa shape index (κ3) is 5.53. The maximum atomic E-state index is 6.57. The molecule has 4 heteroatoms. The van der Waals surface area contributed by atoms with E-state index in [9.17, 15) is 0 Å². The van der Waals surface area contributed by atoms with Gasteiger partial charge in [0.15, 0.2) is 17.5 Å². The standard InChI is InChI=1S/C50H33N3O/c1-32-14-8-9-21-38(32)42-28-29-43(41-23-11-10-22-40(41)42)50-52-48(34-17-6-3-7-18-34)51-49(53-50)37-26-27-44-46(31-37)54-45-25-13-24-39(47(44)45)36-20-12-19-35(30-36)33-15-4-2-5-16-33/h2-31H,1H3. The van der Waals surface area contributed by atoms with Crippen LogP contribution in [0.15, 0.2) is 186 Å². The summed E-state index contributed by atoms with van der Waals surface area (Å²) in [5.74, 6) is 1.83. The lowest BCUT2D eigenvalue weighted by atomic mass is 9.92. The first-order valence-electron chi connectivity index (χ1n) is 18.2. The van der Waals surface area contributed by atoms with E-state index in [1.54, 1.807) is 0 Å². The Morgan fingerprint density at radius 3 is 1.72 bits per heavy atom. The lowest BCUT2D eigenvalue weighted by molar-refractivity contribution is 0.669. The Morgan fingerprint density at radius 2 is 0.926 bits per heavy atom.